The maximum Gasteiger partial charge on any atom is 0.142 e. The van der Waals surface area contributed by atoms with E-state index < -0.39 is 0 Å². The molecule has 0 N–H and O–H groups in total. The van der Waals surface area contributed by atoms with Crippen LogP contribution in [0.2, 0.25) is 5.02 Å². The van der Waals surface area contributed by atoms with Crippen molar-refractivity contribution in [3.8, 4) is 0 Å². The molecular formula is C14H17ClFNO. The number of hydrogen-bond acceptors (Lipinski definition) is 2. The Labute approximate surface area is 112 Å². The normalized spacial score (nSPS) is 21.3. The first-order chi connectivity index (χ1) is 8.60. The third-order valence-electron chi connectivity index (χ3n) is 3.49. The summed E-state index contributed by atoms with van der Waals surface area (Å²) >= 11 is 5.65. The molecule has 0 amide bonds. The second-order valence-corrected chi connectivity index (χ2v) is 5.21. The van der Waals surface area contributed by atoms with Crippen LogP contribution in [0.5, 0.6) is 0 Å². The minimum absolute atomic E-state index is 0.135. The first kappa shape index (κ1) is 13.5. The molecule has 4 heteroatoms. The molecule has 0 radical (unpaired) electrons. The van der Waals surface area contributed by atoms with Crippen LogP contribution in [-0.2, 0) is 11.3 Å². The van der Waals surface area contributed by atoms with Gasteiger partial charge in [-0.25, -0.2) is 4.39 Å². The zero-order chi connectivity index (χ0) is 13.1. The Balaban J connectivity index is 2.01. The summed E-state index contributed by atoms with van der Waals surface area (Å²) in [6.45, 7) is 4.26. The van der Waals surface area contributed by atoms with Crippen LogP contribution in [0, 0.1) is 11.7 Å². The molecule has 18 heavy (non-hydrogen) atoms. The van der Waals surface area contributed by atoms with Gasteiger partial charge in [-0.3, -0.25) is 9.69 Å². The van der Waals surface area contributed by atoms with Gasteiger partial charge in [0.2, 0.25) is 0 Å². The number of likely N-dealkylation sites (tertiary alicyclic amines) is 1. The molecule has 2 nitrogen and oxygen atoms in total. The lowest BCUT2D eigenvalue weighted by Crippen LogP contribution is -2.40. The topological polar surface area (TPSA) is 20.3 Å². The molecule has 1 heterocycles. The van der Waals surface area contributed by atoms with Crippen LogP contribution in [0.4, 0.5) is 4.39 Å². The number of benzene rings is 1. The van der Waals surface area contributed by atoms with Crippen molar-refractivity contribution in [3.05, 3.63) is 34.6 Å². The van der Waals surface area contributed by atoms with Crippen molar-refractivity contribution in [2.45, 2.75) is 26.3 Å². The Hall–Kier alpha value is -0.930. The minimum Gasteiger partial charge on any atom is -0.299 e. The van der Waals surface area contributed by atoms with E-state index in [9.17, 15) is 9.18 Å². The summed E-state index contributed by atoms with van der Waals surface area (Å²) in [5.41, 5.74) is 0.904. The smallest absolute Gasteiger partial charge is 0.142 e. The summed E-state index contributed by atoms with van der Waals surface area (Å²) in [4.78, 5) is 13.8. The van der Waals surface area contributed by atoms with Crippen LogP contribution in [-0.4, -0.2) is 23.8 Å². The summed E-state index contributed by atoms with van der Waals surface area (Å²) in [5.74, 6) is 0.112. The van der Waals surface area contributed by atoms with E-state index in [4.69, 9.17) is 11.6 Å². The minimum atomic E-state index is -0.380. The molecule has 1 aromatic carbocycles. The SMILES string of the molecule is CCC1CN(Cc2ccc(Cl)c(F)c2)CCC1=O. The molecule has 98 valence electrons. The third kappa shape index (κ3) is 3.09. The zero-order valence-corrected chi connectivity index (χ0v) is 11.2. The van der Waals surface area contributed by atoms with E-state index >= 15 is 0 Å². The lowest BCUT2D eigenvalue weighted by molar-refractivity contribution is -0.126. The van der Waals surface area contributed by atoms with Gasteiger partial charge in [0.05, 0.1) is 5.02 Å². The van der Waals surface area contributed by atoms with Crippen LogP contribution in [0.3, 0.4) is 0 Å². The van der Waals surface area contributed by atoms with Gasteiger partial charge < -0.3 is 0 Å². The maximum atomic E-state index is 13.3. The number of carbonyl (C=O) groups is 1. The number of halogens is 2. The second-order valence-electron chi connectivity index (χ2n) is 4.81. The fraction of sp³-hybridized carbons (Fsp3) is 0.500. The van der Waals surface area contributed by atoms with Crippen LogP contribution in [0.25, 0.3) is 0 Å². The summed E-state index contributed by atoms with van der Waals surface area (Å²) < 4.78 is 13.3. The number of nitrogens with zero attached hydrogens (tertiary/aromatic N) is 1. The third-order valence-corrected chi connectivity index (χ3v) is 3.80. The van der Waals surface area contributed by atoms with Crippen LogP contribution < -0.4 is 0 Å². The first-order valence-electron chi connectivity index (χ1n) is 6.29. The molecule has 1 unspecified atom stereocenters. The highest BCUT2D eigenvalue weighted by atomic mass is 35.5. The highest BCUT2D eigenvalue weighted by Crippen LogP contribution is 2.20. The van der Waals surface area contributed by atoms with Crippen molar-refractivity contribution >= 4 is 17.4 Å². The average molecular weight is 270 g/mol. The summed E-state index contributed by atoms with van der Waals surface area (Å²) in [6, 6.07) is 4.89. The first-order valence-corrected chi connectivity index (χ1v) is 6.67. The summed E-state index contributed by atoms with van der Waals surface area (Å²) in [7, 11) is 0. The van der Waals surface area contributed by atoms with E-state index in [-0.39, 0.29) is 16.8 Å². The van der Waals surface area contributed by atoms with Crippen LogP contribution in [0.15, 0.2) is 18.2 Å². The molecule has 0 saturated carbocycles. The molecule has 0 aromatic heterocycles. The van der Waals surface area contributed by atoms with E-state index in [1.807, 2.05) is 13.0 Å². The number of ketones is 1. The Kier molecular flexibility index (Phi) is 4.36. The monoisotopic (exact) mass is 269 g/mol. The lowest BCUT2D eigenvalue weighted by Gasteiger charge is -2.31. The van der Waals surface area contributed by atoms with Crippen LogP contribution >= 0.6 is 11.6 Å². The molecule has 2 rings (SSSR count). The fourth-order valence-electron chi connectivity index (χ4n) is 2.37. The Morgan fingerprint density at radius 3 is 2.94 bits per heavy atom. The molecular weight excluding hydrogens is 253 g/mol. The van der Waals surface area contributed by atoms with Gasteiger partial charge in [0.25, 0.3) is 0 Å². The van der Waals surface area contributed by atoms with Crippen LogP contribution in [0.1, 0.15) is 25.3 Å². The second kappa shape index (κ2) is 5.81. The predicted octanol–water partition coefficient (Wildman–Crippen LogP) is 3.28. The van der Waals surface area contributed by atoms with Gasteiger partial charge in [-0.15, -0.1) is 0 Å². The summed E-state index contributed by atoms with van der Waals surface area (Å²) in [6.07, 6.45) is 1.49. The fourth-order valence-corrected chi connectivity index (χ4v) is 2.49. The molecule has 1 saturated heterocycles. The number of piperidine rings is 1. The van der Waals surface area contributed by atoms with Gasteiger partial charge in [0.1, 0.15) is 11.6 Å². The van der Waals surface area contributed by atoms with E-state index in [0.29, 0.717) is 18.7 Å². The molecule has 0 spiro atoms. The van der Waals surface area contributed by atoms with E-state index in [2.05, 4.69) is 4.90 Å². The van der Waals surface area contributed by atoms with Gasteiger partial charge in [-0.1, -0.05) is 24.6 Å². The van der Waals surface area contributed by atoms with Gasteiger partial charge in [-0.05, 0) is 24.1 Å². The molecule has 1 aliphatic heterocycles. The number of Topliss-reactive ketones (excluding diaryl/α,β-unsaturated/α-hetero) is 1. The van der Waals surface area contributed by atoms with Gasteiger partial charge in [0.15, 0.2) is 0 Å². The Morgan fingerprint density at radius 2 is 2.28 bits per heavy atom. The highest BCUT2D eigenvalue weighted by molar-refractivity contribution is 6.30. The molecule has 1 fully saturated rings. The van der Waals surface area contributed by atoms with Crippen molar-refractivity contribution in [3.63, 3.8) is 0 Å². The average Bonchev–Trinajstić information content (AvgIpc) is 2.36. The Morgan fingerprint density at radius 1 is 1.50 bits per heavy atom. The standard InChI is InChI=1S/C14H17ClFNO/c1-2-11-9-17(6-5-14(11)18)8-10-3-4-12(15)13(16)7-10/h3-4,7,11H,2,5-6,8-9H2,1H3. The molecule has 1 aromatic rings. The van der Waals surface area contributed by atoms with Crippen molar-refractivity contribution in [2.75, 3.05) is 13.1 Å². The van der Waals surface area contributed by atoms with E-state index in [1.165, 1.54) is 6.07 Å². The van der Waals surface area contributed by atoms with Crippen molar-refractivity contribution in [1.82, 2.24) is 4.90 Å². The maximum absolute atomic E-state index is 13.3. The lowest BCUT2D eigenvalue weighted by atomic mass is 9.94. The quantitative estimate of drug-likeness (QED) is 0.839. The molecule has 0 aliphatic carbocycles. The number of carbonyl (C=O) groups excluding carboxylic acids is 1. The van der Waals surface area contributed by atoms with Gasteiger partial charge in [0, 0.05) is 32.0 Å². The molecule has 0 bridgehead atoms. The van der Waals surface area contributed by atoms with Crippen molar-refractivity contribution in [1.29, 1.82) is 0 Å². The molecule has 1 aliphatic rings. The van der Waals surface area contributed by atoms with Gasteiger partial charge >= 0.3 is 0 Å². The molecule has 1 atom stereocenters. The largest absolute Gasteiger partial charge is 0.299 e. The number of hydrogen-bond donors (Lipinski definition) is 0. The Bertz CT molecular complexity index is 449. The van der Waals surface area contributed by atoms with Crippen molar-refractivity contribution < 1.29 is 9.18 Å². The summed E-state index contributed by atoms with van der Waals surface area (Å²) in [5, 5.41) is 0.152. The van der Waals surface area contributed by atoms with Crippen molar-refractivity contribution in [2.24, 2.45) is 5.92 Å². The number of rotatable bonds is 3. The van der Waals surface area contributed by atoms with E-state index in [0.717, 1.165) is 25.1 Å². The van der Waals surface area contributed by atoms with Gasteiger partial charge in [-0.2, -0.15) is 0 Å². The zero-order valence-electron chi connectivity index (χ0n) is 10.5. The predicted molar refractivity (Wildman–Crippen MR) is 70.1 cm³/mol. The van der Waals surface area contributed by atoms with E-state index in [1.54, 1.807) is 6.07 Å². The highest BCUT2D eigenvalue weighted by Gasteiger charge is 2.25.